The number of nitrogens with zero attached hydrogens (tertiary/aromatic N) is 3. The Bertz CT molecular complexity index is 656. The van der Waals surface area contributed by atoms with Gasteiger partial charge in [0.05, 0.1) is 10.2 Å². The van der Waals surface area contributed by atoms with Gasteiger partial charge in [-0.3, -0.25) is 9.69 Å². The van der Waals surface area contributed by atoms with Crippen LogP contribution in [0.15, 0.2) is 24.3 Å². The number of carbonyl (C=O) groups is 1. The van der Waals surface area contributed by atoms with Crippen LogP contribution in [0.2, 0.25) is 0 Å². The zero-order valence-corrected chi connectivity index (χ0v) is 16.2. The Morgan fingerprint density at radius 3 is 2.52 bits per heavy atom. The van der Waals surface area contributed by atoms with Gasteiger partial charge in [-0.1, -0.05) is 56.6 Å². The van der Waals surface area contributed by atoms with Crippen molar-refractivity contribution >= 4 is 32.6 Å². The lowest BCUT2D eigenvalue weighted by molar-refractivity contribution is -0.123. The number of benzene rings is 1. The molecule has 5 heteroatoms. The van der Waals surface area contributed by atoms with E-state index in [4.69, 9.17) is 4.98 Å². The fraction of sp³-hybridized carbons (Fsp3) is 0.600. The average molecular weight is 360 g/mol. The molecule has 0 unspecified atom stereocenters. The molecule has 1 amide bonds. The van der Waals surface area contributed by atoms with Crippen LogP contribution in [0.1, 0.15) is 46.0 Å². The molecule has 1 heterocycles. The summed E-state index contributed by atoms with van der Waals surface area (Å²) in [5.41, 5.74) is 0.992. The van der Waals surface area contributed by atoms with Gasteiger partial charge in [0.2, 0.25) is 5.91 Å². The Hall–Kier alpha value is -1.46. The maximum atomic E-state index is 13.2. The molecular weight excluding hydrogens is 330 g/mol. The molecule has 25 heavy (non-hydrogen) atoms. The van der Waals surface area contributed by atoms with Crippen LogP contribution in [0.5, 0.6) is 0 Å². The number of hydrogen-bond acceptors (Lipinski definition) is 4. The van der Waals surface area contributed by atoms with E-state index < -0.39 is 0 Å². The Labute approximate surface area is 154 Å². The molecule has 2 aromatic rings. The third-order valence-corrected chi connectivity index (χ3v) is 6.33. The summed E-state index contributed by atoms with van der Waals surface area (Å²) in [6, 6.07) is 8.16. The number of amides is 1. The van der Waals surface area contributed by atoms with Gasteiger partial charge >= 0.3 is 0 Å². The molecule has 0 saturated heterocycles. The van der Waals surface area contributed by atoms with Gasteiger partial charge in [-0.15, -0.1) is 0 Å². The minimum atomic E-state index is 0.178. The summed E-state index contributed by atoms with van der Waals surface area (Å²) in [7, 11) is 0. The van der Waals surface area contributed by atoms with Gasteiger partial charge in [0.15, 0.2) is 5.13 Å². The Morgan fingerprint density at radius 2 is 1.84 bits per heavy atom. The highest BCUT2D eigenvalue weighted by Crippen LogP contribution is 2.32. The minimum absolute atomic E-state index is 0.178. The molecule has 1 fully saturated rings. The van der Waals surface area contributed by atoms with E-state index in [9.17, 15) is 4.79 Å². The van der Waals surface area contributed by atoms with Crippen molar-refractivity contribution in [2.75, 3.05) is 31.1 Å². The summed E-state index contributed by atoms with van der Waals surface area (Å²) < 4.78 is 1.15. The highest BCUT2D eigenvalue weighted by atomic mass is 32.1. The van der Waals surface area contributed by atoms with Crippen LogP contribution in [-0.2, 0) is 4.79 Å². The van der Waals surface area contributed by atoms with E-state index in [1.54, 1.807) is 11.3 Å². The molecule has 0 bridgehead atoms. The van der Waals surface area contributed by atoms with Crippen LogP contribution in [0.3, 0.4) is 0 Å². The second-order valence-electron chi connectivity index (χ2n) is 6.82. The molecule has 0 radical (unpaired) electrons. The van der Waals surface area contributed by atoms with Crippen molar-refractivity contribution < 1.29 is 4.79 Å². The van der Waals surface area contributed by atoms with Gasteiger partial charge in [0, 0.05) is 19.0 Å². The van der Waals surface area contributed by atoms with Crippen molar-refractivity contribution in [3.05, 3.63) is 24.3 Å². The average Bonchev–Trinajstić information content (AvgIpc) is 3.09. The first-order valence-electron chi connectivity index (χ1n) is 9.62. The molecule has 136 valence electrons. The molecule has 1 aromatic carbocycles. The molecule has 1 saturated carbocycles. The van der Waals surface area contributed by atoms with Gasteiger partial charge in [0.1, 0.15) is 0 Å². The summed E-state index contributed by atoms with van der Waals surface area (Å²) in [6.07, 6.45) is 5.70. The monoisotopic (exact) mass is 359 g/mol. The fourth-order valence-electron chi connectivity index (χ4n) is 3.63. The Kier molecular flexibility index (Phi) is 6.43. The molecular formula is C20H29N3OS. The smallest absolute Gasteiger partial charge is 0.231 e. The van der Waals surface area contributed by atoms with Crippen LogP contribution in [-0.4, -0.2) is 42.0 Å². The van der Waals surface area contributed by atoms with E-state index in [1.807, 2.05) is 23.1 Å². The lowest BCUT2D eigenvalue weighted by atomic mass is 9.88. The molecule has 0 atom stereocenters. The highest BCUT2D eigenvalue weighted by molar-refractivity contribution is 7.22. The van der Waals surface area contributed by atoms with Crippen LogP contribution >= 0.6 is 11.3 Å². The summed E-state index contributed by atoms with van der Waals surface area (Å²) in [4.78, 5) is 22.3. The Balaban J connectivity index is 1.83. The summed E-state index contributed by atoms with van der Waals surface area (Å²) in [5, 5.41) is 0.865. The maximum absolute atomic E-state index is 13.2. The lowest BCUT2D eigenvalue weighted by Gasteiger charge is -2.29. The predicted molar refractivity (Wildman–Crippen MR) is 106 cm³/mol. The van der Waals surface area contributed by atoms with Crippen molar-refractivity contribution in [3.8, 4) is 0 Å². The topological polar surface area (TPSA) is 36.4 Å². The zero-order chi connectivity index (χ0) is 17.6. The normalized spacial score (nSPS) is 15.8. The van der Waals surface area contributed by atoms with Crippen LogP contribution < -0.4 is 4.90 Å². The number of aromatic nitrogens is 1. The summed E-state index contributed by atoms with van der Waals surface area (Å²) >= 11 is 1.64. The first kappa shape index (κ1) is 18.3. The van der Waals surface area contributed by atoms with Crippen molar-refractivity contribution in [1.82, 2.24) is 9.88 Å². The van der Waals surface area contributed by atoms with Gasteiger partial charge in [-0.25, -0.2) is 4.98 Å². The number of hydrogen-bond donors (Lipinski definition) is 0. The number of thiazole rings is 1. The van der Waals surface area contributed by atoms with Gasteiger partial charge in [-0.2, -0.15) is 0 Å². The molecule has 4 nitrogen and oxygen atoms in total. The second kappa shape index (κ2) is 8.77. The first-order valence-corrected chi connectivity index (χ1v) is 10.4. The van der Waals surface area contributed by atoms with E-state index in [2.05, 4.69) is 24.8 Å². The molecule has 1 aliphatic rings. The number of fused-ring (bicyclic) bond motifs is 1. The first-order chi connectivity index (χ1) is 12.2. The minimum Gasteiger partial charge on any atom is -0.302 e. The van der Waals surface area contributed by atoms with Crippen molar-refractivity contribution in [3.63, 3.8) is 0 Å². The number of carbonyl (C=O) groups excluding carboxylic acids is 1. The van der Waals surface area contributed by atoms with Gasteiger partial charge in [-0.05, 0) is 38.1 Å². The van der Waals surface area contributed by atoms with Crippen LogP contribution in [0.4, 0.5) is 5.13 Å². The van der Waals surface area contributed by atoms with E-state index >= 15 is 0 Å². The number of rotatable bonds is 7. The molecule has 3 rings (SSSR count). The number of likely N-dealkylation sites (N-methyl/N-ethyl adjacent to an activating group) is 1. The van der Waals surface area contributed by atoms with E-state index in [0.717, 1.165) is 54.4 Å². The zero-order valence-electron chi connectivity index (χ0n) is 15.4. The van der Waals surface area contributed by atoms with E-state index in [0.29, 0.717) is 0 Å². The highest BCUT2D eigenvalue weighted by Gasteiger charge is 2.28. The summed E-state index contributed by atoms with van der Waals surface area (Å²) in [6.45, 7) is 8.02. The fourth-order valence-corrected chi connectivity index (χ4v) is 4.62. The van der Waals surface area contributed by atoms with Gasteiger partial charge < -0.3 is 4.90 Å². The molecule has 1 aliphatic carbocycles. The van der Waals surface area contributed by atoms with Crippen molar-refractivity contribution in [2.24, 2.45) is 5.92 Å². The van der Waals surface area contributed by atoms with Crippen LogP contribution in [0, 0.1) is 5.92 Å². The predicted octanol–water partition coefficient (Wildman–Crippen LogP) is 4.55. The van der Waals surface area contributed by atoms with Crippen molar-refractivity contribution in [1.29, 1.82) is 0 Å². The third-order valence-electron chi connectivity index (χ3n) is 5.27. The quantitative estimate of drug-likeness (QED) is 0.727. The number of anilines is 1. The largest absolute Gasteiger partial charge is 0.302 e. The molecule has 0 aliphatic heterocycles. The van der Waals surface area contributed by atoms with Gasteiger partial charge in [0.25, 0.3) is 0 Å². The molecule has 0 spiro atoms. The third kappa shape index (κ3) is 4.39. The molecule has 0 N–H and O–H groups in total. The lowest BCUT2D eigenvalue weighted by Crippen LogP contribution is -2.42. The standard InChI is InChI=1S/C20H29N3OS/c1-3-22(4-2)14-15-23(19(24)16-10-6-5-7-11-16)20-21-17-12-8-9-13-18(17)25-20/h8-9,12-13,16H,3-7,10-11,14-15H2,1-2H3. The SMILES string of the molecule is CCN(CC)CCN(C(=O)C1CCCCC1)c1nc2ccccc2s1. The van der Waals surface area contributed by atoms with E-state index in [-0.39, 0.29) is 11.8 Å². The number of para-hydroxylation sites is 1. The van der Waals surface area contributed by atoms with E-state index in [1.165, 1.54) is 19.3 Å². The maximum Gasteiger partial charge on any atom is 0.231 e. The van der Waals surface area contributed by atoms with Crippen LogP contribution in [0.25, 0.3) is 10.2 Å². The second-order valence-corrected chi connectivity index (χ2v) is 7.82. The Morgan fingerprint density at radius 1 is 1.12 bits per heavy atom. The van der Waals surface area contributed by atoms with Crippen molar-refractivity contribution in [2.45, 2.75) is 46.0 Å². The molecule has 1 aromatic heterocycles. The summed E-state index contributed by atoms with van der Waals surface area (Å²) in [5.74, 6) is 0.461.